The van der Waals surface area contributed by atoms with Crippen LogP contribution in [-0.4, -0.2) is 36.4 Å². The van der Waals surface area contributed by atoms with Crippen LogP contribution in [0.2, 0.25) is 0 Å². The predicted octanol–water partition coefficient (Wildman–Crippen LogP) is 2.44. The van der Waals surface area contributed by atoms with Gasteiger partial charge in [-0.2, -0.15) is 5.26 Å². The summed E-state index contributed by atoms with van der Waals surface area (Å²) in [7, 11) is 1.69. The second kappa shape index (κ2) is 6.97. The Morgan fingerprint density at radius 3 is 2.70 bits per heavy atom. The maximum Gasteiger partial charge on any atom is 0.163 e. The molecular weight excluding hydrogens is 290 g/mol. The third-order valence-corrected chi connectivity index (χ3v) is 4.04. The monoisotopic (exact) mass is 309 g/mol. The standard InChI is InChI=1S/C17H19N5O/c1-23-16-4-2-3-15(11-16)22-9-7-13(8-10-22)19-17-6-5-14(12-18)20-21-17/h2-6,11,13H,7-10H2,1H3,(H,19,21). The molecule has 1 fully saturated rings. The van der Waals surface area contributed by atoms with Gasteiger partial charge in [0.2, 0.25) is 0 Å². The lowest BCUT2D eigenvalue weighted by atomic mass is 10.0. The number of nitrogens with one attached hydrogen (secondary N) is 1. The highest BCUT2D eigenvalue weighted by atomic mass is 16.5. The van der Waals surface area contributed by atoms with E-state index < -0.39 is 0 Å². The normalized spacial score (nSPS) is 15.0. The van der Waals surface area contributed by atoms with Crippen LogP contribution in [-0.2, 0) is 0 Å². The summed E-state index contributed by atoms with van der Waals surface area (Å²) in [6, 6.07) is 14.0. The lowest BCUT2D eigenvalue weighted by Crippen LogP contribution is -2.39. The number of ether oxygens (including phenoxy) is 1. The molecule has 6 heteroatoms. The minimum Gasteiger partial charge on any atom is -0.497 e. The molecule has 0 unspecified atom stereocenters. The Morgan fingerprint density at radius 2 is 2.04 bits per heavy atom. The predicted molar refractivity (Wildman–Crippen MR) is 88.6 cm³/mol. The molecule has 1 aromatic carbocycles. The fourth-order valence-corrected chi connectivity index (χ4v) is 2.77. The lowest BCUT2D eigenvalue weighted by Gasteiger charge is -2.34. The van der Waals surface area contributed by atoms with E-state index in [1.54, 1.807) is 19.2 Å². The number of hydrogen-bond acceptors (Lipinski definition) is 6. The van der Waals surface area contributed by atoms with E-state index in [1.165, 1.54) is 5.69 Å². The van der Waals surface area contributed by atoms with Gasteiger partial charge in [0.1, 0.15) is 17.6 Å². The van der Waals surface area contributed by atoms with Crippen molar-refractivity contribution in [3.63, 3.8) is 0 Å². The van der Waals surface area contributed by atoms with Crippen molar-refractivity contribution in [2.75, 3.05) is 30.4 Å². The first-order valence-electron chi connectivity index (χ1n) is 7.68. The molecule has 1 aliphatic heterocycles. The zero-order chi connectivity index (χ0) is 16.1. The average molecular weight is 309 g/mol. The van der Waals surface area contributed by atoms with Crippen molar-refractivity contribution in [2.45, 2.75) is 18.9 Å². The van der Waals surface area contributed by atoms with Crippen LogP contribution in [0.25, 0.3) is 0 Å². The second-order valence-corrected chi connectivity index (χ2v) is 5.52. The number of piperidine rings is 1. The average Bonchev–Trinajstić information content (AvgIpc) is 2.63. The highest BCUT2D eigenvalue weighted by Crippen LogP contribution is 2.25. The third-order valence-electron chi connectivity index (χ3n) is 4.04. The van der Waals surface area contributed by atoms with Gasteiger partial charge in [0.25, 0.3) is 0 Å². The first-order valence-corrected chi connectivity index (χ1v) is 7.68. The third kappa shape index (κ3) is 3.69. The molecule has 0 bridgehead atoms. The summed E-state index contributed by atoms with van der Waals surface area (Å²) in [5.41, 5.74) is 1.53. The van der Waals surface area contributed by atoms with E-state index in [9.17, 15) is 0 Å². The zero-order valence-corrected chi connectivity index (χ0v) is 13.1. The zero-order valence-electron chi connectivity index (χ0n) is 13.1. The van der Waals surface area contributed by atoms with E-state index in [0.717, 1.165) is 37.5 Å². The van der Waals surface area contributed by atoms with Crippen LogP contribution in [0.5, 0.6) is 5.75 Å². The van der Waals surface area contributed by atoms with Crippen LogP contribution in [0.1, 0.15) is 18.5 Å². The van der Waals surface area contributed by atoms with Crippen LogP contribution < -0.4 is 15.0 Å². The molecule has 0 atom stereocenters. The molecule has 1 saturated heterocycles. The van der Waals surface area contributed by atoms with E-state index in [-0.39, 0.29) is 0 Å². The van der Waals surface area contributed by atoms with Crippen LogP contribution in [0.3, 0.4) is 0 Å². The second-order valence-electron chi connectivity index (χ2n) is 5.52. The van der Waals surface area contributed by atoms with Crippen LogP contribution in [0.15, 0.2) is 36.4 Å². The van der Waals surface area contributed by atoms with Gasteiger partial charge in [-0.15, -0.1) is 10.2 Å². The summed E-state index contributed by atoms with van der Waals surface area (Å²) in [6.07, 6.45) is 2.05. The SMILES string of the molecule is COc1cccc(N2CCC(Nc3ccc(C#N)nn3)CC2)c1. The fourth-order valence-electron chi connectivity index (χ4n) is 2.77. The van der Waals surface area contributed by atoms with Crippen molar-refractivity contribution in [3.05, 3.63) is 42.1 Å². The van der Waals surface area contributed by atoms with E-state index in [2.05, 4.69) is 32.5 Å². The van der Waals surface area contributed by atoms with Crippen LogP contribution >= 0.6 is 0 Å². The minimum atomic E-state index is 0.336. The van der Waals surface area contributed by atoms with Crippen LogP contribution in [0.4, 0.5) is 11.5 Å². The van der Waals surface area contributed by atoms with Gasteiger partial charge in [-0.05, 0) is 37.1 Å². The van der Waals surface area contributed by atoms with Crippen molar-refractivity contribution in [3.8, 4) is 11.8 Å². The molecule has 3 rings (SSSR count). The number of anilines is 2. The van der Waals surface area contributed by atoms with Crippen molar-refractivity contribution in [1.82, 2.24) is 10.2 Å². The molecule has 0 saturated carbocycles. The Hall–Kier alpha value is -2.81. The highest BCUT2D eigenvalue weighted by Gasteiger charge is 2.20. The first kappa shape index (κ1) is 15.1. The first-order chi connectivity index (χ1) is 11.3. The Morgan fingerprint density at radius 1 is 1.22 bits per heavy atom. The van der Waals surface area contributed by atoms with Crippen molar-refractivity contribution < 1.29 is 4.74 Å². The summed E-state index contributed by atoms with van der Waals surface area (Å²) in [5, 5.41) is 20.0. The van der Waals surface area contributed by atoms with Gasteiger partial charge in [0.15, 0.2) is 5.69 Å². The number of nitrogens with zero attached hydrogens (tertiary/aromatic N) is 4. The van der Waals surface area contributed by atoms with Crippen LogP contribution in [0, 0.1) is 11.3 Å². The maximum atomic E-state index is 8.74. The molecule has 118 valence electrons. The van der Waals surface area contributed by atoms with Crippen molar-refractivity contribution in [2.24, 2.45) is 0 Å². The molecule has 0 spiro atoms. The largest absolute Gasteiger partial charge is 0.497 e. The molecule has 2 heterocycles. The Balaban J connectivity index is 1.56. The van der Waals surface area contributed by atoms with Gasteiger partial charge in [-0.3, -0.25) is 0 Å². The number of nitriles is 1. The summed E-state index contributed by atoms with van der Waals surface area (Å²) in [6.45, 7) is 1.96. The molecule has 1 N–H and O–H groups in total. The van der Waals surface area contributed by atoms with Gasteiger partial charge in [0.05, 0.1) is 7.11 Å². The quantitative estimate of drug-likeness (QED) is 0.935. The Kier molecular flexibility index (Phi) is 4.57. The van der Waals surface area contributed by atoms with E-state index in [1.807, 2.05) is 18.2 Å². The molecule has 0 radical (unpaired) electrons. The fraction of sp³-hybridized carbons (Fsp3) is 0.353. The lowest BCUT2D eigenvalue weighted by molar-refractivity contribution is 0.414. The number of aromatic nitrogens is 2. The molecule has 6 nitrogen and oxygen atoms in total. The number of hydrogen-bond donors (Lipinski definition) is 1. The maximum absolute atomic E-state index is 8.74. The van der Waals surface area contributed by atoms with Gasteiger partial charge in [-0.1, -0.05) is 6.07 Å². The van der Waals surface area contributed by atoms with Gasteiger partial charge in [0, 0.05) is 30.9 Å². The smallest absolute Gasteiger partial charge is 0.163 e. The molecule has 1 aromatic heterocycles. The van der Waals surface area contributed by atoms with Crippen molar-refractivity contribution >= 4 is 11.5 Å². The summed E-state index contributed by atoms with van der Waals surface area (Å²) in [5.74, 6) is 1.61. The molecule has 0 aliphatic carbocycles. The van der Waals surface area contributed by atoms with E-state index in [0.29, 0.717) is 11.7 Å². The summed E-state index contributed by atoms with van der Waals surface area (Å²) >= 11 is 0. The Bertz CT molecular complexity index is 687. The van der Waals surface area contributed by atoms with Gasteiger partial charge in [-0.25, -0.2) is 0 Å². The summed E-state index contributed by atoms with van der Waals surface area (Å²) < 4.78 is 5.29. The molecule has 0 amide bonds. The van der Waals surface area contributed by atoms with Crippen molar-refractivity contribution in [1.29, 1.82) is 5.26 Å². The number of rotatable bonds is 4. The van der Waals surface area contributed by atoms with Gasteiger partial charge < -0.3 is 15.0 Å². The minimum absolute atomic E-state index is 0.336. The molecule has 1 aliphatic rings. The number of benzene rings is 1. The topological polar surface area (TPSA) is 74.1 Å². The number of methoxy groups -OCH3 is 1. The van der Waals surface area contributed by atoms with E-state index in [4.69, 9.17) is 10.00 Å². The summed E-state index contributed by atoms with van der Waals surface area (Å²) in [4.78, 5) is 2.37. The van der Waals surface area contributed by atoms with Gasteiger partial charge >= 0.3 is 0 Å². The molecule has 23 heavy (non-hydrogen) atoms. The van der Waals surface area contributed by atoms with E-state index >= 15 is 0 Å². The molecule has 2 aromatic rings. The Labute approximate surface area is 135 Å². The molecular formula is C17H19N5O. The highest BCUT2D eigenvalue weighted by molar-refractivity contribution is 5.51.